The predicted molar refractivity (Wildman–Crippen MR) is 110 cm³/mol. The van der Waals surface area contributed by atoms with Crippen molar-refractivity contribution in [1.29, 1.82) is 0 Å². The van der Waals surface area contributed by atoms with Gasteiger partial charge in [-0.05, 0) is 18.1 Å². The highest BCUT2D eigenvalue weighted by Crippen LogP contribution is 2.17. The summed E-state index contributed by atoms with van der Waals surface area (Å²) in [6, 6.07) is 5.80. The Morgan fingerprint density at radius 2 is 2.15 bits per heavy atom. The number of amides is 1. The number of aromatic nitrogens is 2. The first kappa shape index (κ1) is 20.8. The first-order valence-electron chi connectivity index (χ1n) is 9.02. The van der Waals surface area contributed by atoms with Crippen LogP contribution in [0.25, 0.3) is 0 Å². The maximum absolute atomic E-state index is 12.3. The van der Waals surface area contributed by atoms with Gasteiger partial charge < -0.3 is 15.5 Å². The predicted octanol–water partition coefficient (Wildman–Crippen LogP) is 2.03. The molecule has 27 heavy (non-hydrogen) atoms. The third-order valence-corrected chi connectivity index (χ3v) is 4.92. The Morgan fingerprint density at radius 3 is 2.78 bits per heavy atom. The van der Waals surface area contributed by atoms with E-state index in [4.69, 9.17) is 0 Å². The summed E-state index contributed by atoms with van der Waals surface area (Å²) in [5.41, 5.74) is 2.08. The number of thiazole rings is 1. The minimum absolute atomic E-state index is 0.00484. The van der Waals surface area contributed by atoms with E-state index in [2.05, 4.69) is 44.8 Å². The van der Waals surface area contributed by atoms with E-state index in [0.717, 1.165) is 22.8 Å². The number of carbonyl (C=O) groups is 1. The Bertz CT molecular complexity index is 744. The van der Waals surface area contributed by atoms with Crippen molar-refractivity contribution in [3.63, 3.8) is 0 Å². The van der Waals surface area contributed by atoms with Crippen LogP contribution in [-0.2, 0) is 17.8 Å². The molecule has 2 heterocycles. The number of carbonyl (C=O) groups excluding carboxylic acids is 1. The summed E-state index contributed by atoms with van der Waals surface area (Å²) in [6.07, 6.45) is 2.50. The molecule has 2 N–H and O–H groups in total. The second-order valence-corrected chi connectivity index (χ2v) is 7.43. The fraction of sp³-hybridized carbons (Fsp3) is 0.474. The Hall–Kier alpha value is -2.48. The second-order valence-electron chi connectivity index (χ2n) is 6.49. The lowest BCUT2D eigenvalue weighted by Gasteiger charge is -2.18. The smallest absolute Gasteiger partial charge is 0.241 e. The van der Waals surface area contributed by atoms with E-state index in [1.54, 1.807) is 36.5 Å². The number of guanidine groups is 1. The van der Waals surface area contributed by atoms with Crippen molar-refractivity contribution < 1.29 is 4.79 Å². The molecule has 2 aromatic heterocycles. The van der Waals surface area contributed by atoms with Gasteiger partial charge in [-0.2, -0.15) is 0 Å². The second kappa shape index (κ2) is 10.6. The fourth-order valence-corrected chi connectivity index (χ4v) is 3.19. The first-order chi connectivity index (χ1) is 13.0. The van der Waals surface area contributed by atoms with Crippen molar-refractivity contribution in [3.8, 4) is 0 Å². The summed E-state index contributed by atoms with van der Waals surface area (Å²) >= 11 is 1.63. The lowest BCUT2D eigenvalue weighted by Crippen LogP contribution is -2.43. The normalized spacial score (nSPS) is 11.5. The molecule has 0 fully saturated rings. The molecule has 146 valence electrons. The average Bonchev–Trinajstić information content (AvgIpc) is 3.16. The molecule has 0 saturated carbocycles. The molecule has 0 atom stereocenters. The van der Waals surface area contributed by atoms with Gasteiger partial charge in [-0.3, -0.25) is 14.8 Å². The van der Waals surface area contributed by atoms with Crippen LogP contribution in [-0.4, -0.2) is 53.9 Å². The minimum Gasteiger partial charge on any atom is -0.350 e. The van der Waals surface area contributed by atoms with Crippen LogP contribution < -0.4 is 10.6 Å². The average molecular weight is 389 g/mol. The highest BCUT2D eigenvalue weighted by molar-refractivity contribution is 7.09. The summed E-state index contributed by atoms with van der Waals surface area (Å²) in [7, 11) is 3.48. The van der Waals surface area contributed by atoms with E-state index < -0.39 is 0 Å². The van der Waals surface area contributed by atoms with Crippen LogP contribution >= 0.6 is 11.3 Å². The number of nitrogens with zero attached hydrogens (tertiary/aromatic N) is 4. The van der Waals surface area contributed by atoms with E-state index in [9.17, 15) is 4.79 Å². The van der Waals surface area contributed by atoms with Gasteiger partial charge in [-0.1, -0.05) is 19.9 Å². The monoisotopic (exact) mass is 388 g/mol. The summed E-state index contributed by atoms with van der Waals surface area (Å²) < 4.78 is 0. The van der Waals surface area contributed by atoms with Crippen LogP contribution in [0.3, 0.4) is 0 Å². The van der Waals surface area contributed by atoms with Crippen LogP contribution in [0, 0.1) is 0 Å². The van der Waals surface area contributed by atoms with E-state index >= 15 is 0 Å². The van der Waals surface area contributed by atoms with Crippen LogP contribution in [0.4, 0.5) is 0 Å². The van der Waals surface area contributed by atoms with Crippen molar-refractivity contribution in [2.24, 2.45) is 4.99 Å². The summed E-state index contributed by atoms with van der Waals surface area (Å²) in [6.45, 7) is 5.65. The maximum Gasteiger partial charge on any atom is 0.241 e. The number of hydrogen-bond acceptors (Lipinski definition) is 5. The lowest BCUT2D eigenvalue weighted by molar-refractivity contribution is -0.128. The molecule has 0 saturated heterocycles. The van der Waals surface area contributed by atoms with Gasteiger partial charge in [0, 0.05) is 44.3 Å². The van der Waals surface area contributed by atoms with E-state index in [0.29, 0.717) is 25.0 Å². The molecule has 0 aliphatic heterocycles. The SMILES string of the molecule is CN=C(NCC(=O)N(C)CCc1ccccn1)NCc1nc(C(C)C)cs1. The van der Waals surface area contributed by atoms with Crippen molar-refractivity contribution in [3.05, 3.63) is 46.2 Å². The molecule has 0 aliphatic carbocycles. The van der Waals surface area contributed by atoms with Crippen LogP contribution in [0.5, 0.6) is 0 Å². The molecule has 0 unspecified atom stereocenters. The van der Waals surface area contributed by atoms with Gasteiger partial charge in [-0.25, -0.2) is 4.98 Å². The van der Waals surface area contributed by atoms with Crippen LogP contribution in [0.15, 0.2) is 34.8 Å². The molecule has 1 amide bonds. The van der Waals surface area contributed by atoms with Gasteiger partial charge in [0.15, 0.2) is 5.96 Å². The Morgan fingerprint density at radius 1 is 1.33 bits per heavy atom. The van der Waals surface area contributed by atoms with Crippen LogP contribution in [0.2, 0.25) is 0 Å². The fourth-order valence-electron chi connectivity index (χ4n) is 2.30. The Balaban J connectivity index is 1.73. The molecule has 0 spiro atoms. The van der Waals surface area contributed by atoms with Crippen LogP contribution in [0.1, 0.15) is 36.2 Å². The molecule has 0 bridgehead atoms. The topological polar surface area (TPSA) is 82.5 Å². The van der Waals surface area contributed by atoms with Crippen molar-refractivity contribution in [2.45, 2.75) is 32.7 Å². The molecule has 2 rings (SSSR count). The molecule has 0 radical (unpaired) electrons. The standard InChI is InChI=1S/C19H28N6OS/c1-14(2)16-13-27-17(24-16)11-22-19(20-3)23-12-18(26)25(4)10-8-15-7-5-6-9-21-15/h5-7,9,13-14H,8,10-12H2,1-4H3,(H2,20,22,23). The van der Waals surface area contributed by atoms with Gasteiger partial charge in [0.2, 0.25) is 5.91 Å². The molecule has 7 nitrogen and oxygen atoms in total. The maximum atomic E-state index is 12.3. The summed E-state index contributed by atoms with van der Waals surface area (Å²) in [4.78, 5) is 27.0. The zero-order valence-corrected chi connectivity index (χ0v) is 17.2. The van der Waals surface area contributed by atoms with Crippen molar-refractivity contribution in [1.82, 2.24) is 25.5 Å². The van der Waals surface area contributed by atoms with Gasteiger partial charge in [-0.15, -0.1) is 11.3 Å². The van der Waals surface area contributed by atoms with Crippen molar-refractivity contribution >= 4 is 23.2 Å². The molecular formula is C19H28N6OS. The molecule has 0 aliphatic rings. The quantitative estimate of drug-likeness (QED) is 0.534. The van der Waals surface area contributed by atoms with Gasteiger partial charge >= 0.3 is 0 Å². The number of rotatable bonds is 8. The zero-order chi connectivity index (χ0) is 19.6. The largest absolute Gasteiger partial charge is 0.350 e. The van der Waals surface area contributed by atoms with Gasteiger partial charge in [0.1, 0.15) is 5.01 Å². The van der Waals surface area contributed by atoms with Crippen molar-refractivity contribution in [2.75, 3.05) is 27.2 Å². The first-order valence-corrected chi connectivity index (χ1v) is 9.90. The molecule has 2 aromatic rings. The van der Waals surface area contributed by atoms with E-state index in [1.807, 2.05) is 18.2 Å². The highest BCUT2D eigenvalue weighted by atomic mass is 32.1. The number of pyridine rings is 1. The number of nitrogens with one attached hydrogen (secondary N) is 2. The molecule has 0 aromatic carbocycles. The lowest BCUT2D eigenvalue weighted by atomic mass is 10.2. The number of hydrogen-bond donors (Lipinski definition) is 2. The Kier molecular flexibility index (Phi) is 8.19. The van der Waals surface area contributed by atoms with E-state index in [1.165, 1.54) is 0 Å². The number of aliphatic imine (C=N–C) groups is 1. The molecule has 8 heteroatoms. The highest BCUT2D eigenvalue weighted by Gasteiger charge is 2.11. The zero-order valence-electron chi connectivity index (χ0n) is 16.4. The third kappa shape index (κ3) is 6.97. The number of likely N-dealkylation sites (N-methyl/N-ethyl adjacent to an activating group) is 1. The minimum atomic E-state index is 0.00484. The molecular weight excluding hydrogens is 360 g/mol. The third-order valence-electron chi connectivity index (χ3n) is 4.05. The van der Waals surface area contributed by atoms with Gasteiger partial charge in [0.05, 0.1) is 18.8 Å². The van der Waals surface area contributed by atoms with Gasteiger partial charge in [0.25, 0.3) is 0 Å². The summed E-state index contributed by atoms with van der Waals surface area (Å²) in [5.74, 6) is 1.01. The summed E-state index contributed by atoms with van der Waals surface area (Å²) in [5, 5.41) is 9.33. The van der Waals surface area contributed by atoms with E-state index in [-0.39, 0.29) is 12.5 Å². The Labute approximate surface area is 164 Å².